The Morgan fingerprint density at radius 1 is 1.50 bits per heavy atom. The average Bonchev–Trinajstić information content (AvgIpc) is 2.22. The van der Waals surface area contributed by atoms with Crippen LogP contribution in [-0.4, -0.2) is 18.5 Å². The third-order valence-corrected chi connectivity index (χ3v) is 2.19. The molecule has 0 aromatic heterocycles. The van der Waals surface area contributed by atoms with Gasteiger partial charge in [0.25, 0.3) is 0 Å². The number of nitrogens with one attached hydrogen (secondary N) is 1. The Hall–Kier alpha value is -0.507. The number of para-hydroxylation sites is 1. The van der Waals surface area contributed by atoms with Crippen molar-refractivity contribution in [2.24, 2.45) is 0 Å². The predicted molar refractivity (Wildman–Crippen MR) is 57.5 cm³/mol. The van der Waals surface area contributed by atoms with Crippen molar-refractivity contribution in [2.75, 3.05) is 11.9 Å². The molecular weight excluding hydrogens is 320 g/mol. The molecule has 1 heterocycles. The predicted octanol–water partition coefficient (Wildman–Crippen LogP) is 2.60. The van der Waals surface area contributed by atoms with Gasteiger partial charge < -0.3 is 10.6 Å². The van der Waals surface area contributed by atoms with Crippen LogP contribution in [0.5, 0.6) is 0 Å². The molecule has 1 saturated heterocycles. The number of hydrogen-bond acceptors (Lipinski definition) is 1. The second-order valence-electron chi connectivity index (χ2n) is 3.18. The van der Waals surface area contributed by atoms with Gasteiger partial charge in [0, 0.05) is 0 Å². The molecule has 88 valence electrons. The van der Waals surface area contributed by atoms with Crippen LogP contribution in [0.15, 0.2) is 24.3 Å². The molecule has 6 heteroatoms. The van der Waals surface area contributed by atoms with Crippen LogP contribution in [0.4, 0.5) is 10.1 Å². The van der Waals surface area contributed by atoms with Gasteiger partial charge in [0.05, 0.1) is 5.69 Å². The summed E-state index contributed by atoms with van der Waals surface area (Å²) in [5, 5.41) is 6.46. The van der Waals surface area contributed by atoms with E-state index in [2.05, 4.69) is 20.3 Å². The van der Waals surface area contributed by atoms with Crippen molar-refractivity contribution in [2.45, 2.75) is 12.5 Å². The van der Waals surface area contributed by atoms with Crippen LogP contribution < -0.4 is 5.32 Å². The molecule has 3 nitrogen and oxygen atoms in total. The van der Waals surface area contributed by atoms with Gasteiger partial charge in [-0.15, -0.1) is 6.54 Å². The number of amides is 1. The van der Waals surface area contributed by atoms with E-state index in [-0.39, 0.29) is 17.6 Å². The van der Waals surface area contributed by atoms with Crippen LogP contribution in [0.25, 0.3) is 5.32 Å². The summed E-state index contributed by atoms with van der Waals surface area (Å²) in [4.78, 5) is 11.4. The SMILES string of the molecule is O=C(Nc1ccccc1F)[C@@H]1CC[N-]1.[Cl][Ru+]. The number of anilines is 1. The Balaban J connectivity index is 0.000000606. The summed E-state index contributed by atoms with van der Waals surface area (Å²) in [6, 6.07) is 5.82. The summed E-state index contributed by atoms with van der Waals surface area (Å²) in [5.41, 5.74) is 0.222. The van der Waals surface area contributed by atoms with E-state index in [1.807, 2.05) is 17.3 Å². The Morgan fingerprint density at radius 2 is 2.12 bits per heavy atom. The molecule has 16 heavy (non-hydrogen) atoms. The number of benzene rings is 1. The van der Waals surface area contributed by atoms with Crippen LogP contribution in [-0.2, 0) is 22.1 Å². The van der Waals surface area contributed by atoms with Crippen molar-refractivity contribution in [3.05, 3.63) is 35.4 Å². The minimum absolute atomic E-state index is 0.221. The Kier molecular flexibility index (Phi) is 5.88. The molecule has 1 aromatic rings. The van der Waals surface area contributed by atoms with Gasteiger partial charge in [0.2, 0.25) is 5.91 Å². The molecule has 0 bridgehead atoms. The van der Waals surface area contributed by atoms with Gasteiger partial charge in [-0.05, 0) is 12.1 Å². The van der Waals surface area contributed by atoms with Crippen molar-refractivity contribution >= 4 is 21.3 Å². The van der Waals surface area contributed by atoms with Gasteiger partial charge in [0.1, 0.15) is 5.82 Å². The first-order valence-corrected chi connectivity index (χ1v) is 6.86. The number of hydrogen-bond donors (Lipinski definition) is 1. The molecule has 0 aliphatic carbocycles. The zero-order valence-electron chi connectivity index (χ0n) is 8.27. The third-order valence-electron chi connectivity index (χ3n) is 2.19. The van der Waals surface area contributed by atoms with E-state index in [1.54, 1.807) is 12.1 Å². The number of rotatable bonds is 2. The fourth-order valence-corrected chi connectivity index (χ4v) is 1.25. The molecule has 1 fully saturated rings. The van der Waals surface area contributed by atoms with E-state index in [0.717, 1.165) is 13.0 Å². The molecule has 1 atom stereocenters. The molecule has 1 aliphatic heterocycles. The maximum absolute atomic E-state index is 13.1. The first kappa shape index (κ1) is 13.6. The molecular formula is C10H10ClFN2ORu. The number of carbonyl (C=O) groups is 1. The van der Waals surface area contributed by atoms with E-state index < -0.39 is 5.82 Å². The van der Waals surface area contributed by atoms with Crippen molar-refractivity contribution in [3.63, 3.8) is 0 Å². The normalized spacial score (nSPS) is 17.8. The van der Waals surface area contributed by atoms with E-state index in [1.165, 1.54) is 12.1 Å². The standard InChI is InChI=1S/C10H10FN2O.ClH.Ru/c11-7-3-1-2-4-8(7)13-10(14)9-5-6-12-9;;/h1-4,9H,5-6H2,(H,13,14);1H;/q-1;;+2/p-1/t9-;;/m0../s1. The number of halogens is 2. The molecule has 1 aromatic carbocycles. The van der Waals surface area contributed by atoms with Crippen LogP contribution >= 0.6 is 9.69 Å². The second-order valence-corrected chi connectivity index (χ2v) is 3.18. The molecule has 0 spiro atoms. The van der Waals surface area contributed by atoms with Gasteiger partial charge in [-0.3, -0.25) is 4.79 Å². The van der Waals surface area contributed by atoms with Gasteiger partial charge in [-0.25, -0.2) is 4.39 Å². The van der Waals surface area contributed by atoms with Crippen LogP contribution in [0.1, 0.15) is 6.42 Å². The third kappa shape index (κ3) is 3.51. The molecule has 0 unspecified atom stereocenters. The summed E-state index contributed by atoms with van der Waals surface area (Å²) in [6.45, 7) is 0.732. The zero-order chi connectivity index (χ0) is 12.0. The maximum atomic E-state index is 13.1. The topological polar surface area (TPSA) is 43.2 Å². The van der Waals surface area contributed by atoms with E-state index in [4.69, 9.17) is 0 Å². The summed E-state index contributed by atoms with van der Waals surface area (Å²) < 4.78 is 13.1. The number of carbonyl (C=O) groups excluding carboxylic acids is 1. The molecule has 0 radical (unpaired) electrons. The van der Waals surface area contributed by atoms with Crippen molar-refractivity contribution in [1.82, 2.24) is 0 Å². The van der Waals surface area contributed by atoms with Gasteiger partial charge in [0.15, 0.2) is 0 Å². The fourth-order valence-electron chi connectivity index (χ4n) is 1.25. The molecule has 0 saturated carbocycles. The summed E-state index contributed by atoms with van der Waals surface area (Å²) in [7, 11) is 4.57. The second kappa shape index (κ2) is 6.94. The van der Waals surface area contributed by atoms with Crippen LogP contribution in [0.2, 0.25) is 0 Å². The number of nitrogens with zero attached hydrogens (tertiary/aromatic N) is 1. The summed E-state index contributed by atoms with van der Waals surface area (Å²) in [6.07, 6.45) is 0.764. The van der Waals surface area contributed by atoms with Gasteiger partial charge >= 0.3 is 27.0 Å². The van der Waals surface area contributed by atoms with Crippen molar-refractivity contribution in [1.29, 1.82) is 0 Å². The zero-order valence-corrected chi connectivity index (χ0v) is 10.8. The van der Waals surface area contributed by atoms with Gasteiger partial charge in [-0.2, -0.15) is 0 Å². The molecule has 1 aliphatic rings. The molecule has 1 amide bonds. The summed E-state index contributed by atoms with van der Waals surface area (Å²) in [5.74, 6) is -0.637. The Morgan fingerprint density at radius 3 is 2.62 bits per heavy atom. The quantitative estimate of drug-likeness (QED) is 0.833. The molecule has 1 N–H and O–H groups in total. The monoisotopic (exact) mass is 330 g/mol. The fraction of sp³-hybridized carbons (Fsp3) is 0.300. The van der Waals surface area contributed by atoms with E-state index in [0.29, 0.717) is 0 Å². The Labute approximate surface area is 107 Å². The first-order valence-electron chi connectivity index (χ1n) is 4.63. The van der Waals surface area contributed by atoms with E-state index in [9.17, 15) is 9.18 Å². The van der Waals surface area contributed by atoms with Gasteiger partial charge in [-0.1, -0.05) is 24.6 Å². The van der Waals surface area contributed by atoms with Crippen molar-refractivity contribution in [3.8, 4) is 0 Å². The van der Waals surface area contributed by atoms with E-state index >= 15 is 0 Å². The van der Waals surface area contributed by atoms with Crippen molar-refractivity contribution < 1.29 is 26.5 Å². The van der Waals surface area contributed by atoms with Crippen LogP contribution in [0, 0.1) is 5.82 Å². The Bertz CT molecular complexity index is 360. The average molecular weight is 330 g/mol. The minimum atomic E-state index is -0.417. The molecule has 2 rings (SSSR count). The summed E-state index contributed by atoms with van der Waals surface area (Å²) >= 11 is 1.82. The van der Waals surface area contributed by atoms with Crippen LogP contribution in [0.3, 0.4) is 0 Å². The first-order chi connectivity index (χ1) is 7.77.